The molecule has 0 bridgehead atoms. The molecule has 0 saturated heterocycles. The number of aryl methyl sites for hydroxylation is 1. The van der Waals surface area contributed by atoms with Gasteiger partial charge in [-0.05, 0) is 18.6 Å². The molecule has 6 N–H and O–H groups in total. The number of rotatable bonds is 0. The lowest BCUT2D eigenvalue weighted by Crippen LogP contribution is -2.32. The molecule has 0 fully saturated rings. The molecule has 2 rings (SSSR count). The summed E-state index contributed by atoms with van der Waals surface area (Å²) < 4.78 is 5.45. The molecule has 76 valence electrons. The van der Waals surface area contributed by atoms with E-state index in [-0.39, 0.29) is 6.23 Å². The minimum atomic E-state index is -0.295. The van der Waals surface area contributed by atoms with Crippen molar-refractivity contribution in [3.05, 3.63) is 11.6 Å². The van der Waals surface area contributed by atoms with E-state index in [9.17, 15) is 0 Å². The van der Waals surface area contributed by atoms with E-state index in [0.29, 0.717) is 17.2 Å². The first-order valence-electron chi connectivity index (χ1n) is 4.33. The monoisotopic (exact) mass is 211 g/mol. The number of hydrogen-bond donors (Lipinski definition) is 3. The summed E-state index contributed by atoms with van der Waals surface area (Å²) in [5.41, 5.74) is 19.7. The Kier molecular flexibility index (Phi) is 2.20. The molecule has 0 amide bonds. The van der Waals surface area contributed by atoms with E-state index < -0.39 is 0 Å². The fourth-order valence-electron chi connectivity index (χ4n) is 1.42. The molecule has 4 nitrogen and oxygen atoms in total. The van der Waals surface area contributed by atoms with Crippen LogP contribution in [0.1, 0.15) is 5.56 Å². The Bertz CT molecular complexity index is 381. The minimum Gasteiger partial charge on any atom is -0.471 e. The molecule has 1 aliphatic rings. The molecule has 1 atom stereocenters. The van der Waals surface area contributed by atoms with Gasteiger partial charge >= 0.3 is 0 Å². The summed E-state index contributed by atoms with van der Waals surface area (Å²) in [6.07, 6.45) is -0.295. The number of anilines is 2. The fraction of sp³-hybridized carbons (Fsp3) is 0.333. The maximum Gasteiger partial charge on any atom is 0.160 e. The standard InChI is InChI=1S/C9H13N3OS/c1-4-2-5(10)8-9(7(4)12)14-3-6(11)13-8/h2,6H,3,10-12H2,1H3. The van der Waals surface area contributed by atoms with Gasteiger partial charge in [0, 0.05) is 5.75 Å². The van der Waals surface area contributed by atoms with Crippen LogP contribution in [0.4, 0.5) is 11.4 Å². The molecule has 0 aromatic heterocycles. The highest BCUT2D eigenvalue weighted by atomic mass is 32.2. The van der Waals surface area contributed by atoms with Crippen molar-refractivity contribution in [2.75, 3.05) is 17.2 Å². The average Bonchev–Trinajstić information content (AvgIpc) is 2.14. The second-order valence-corrected chi connectivity index (χ2v) is 4.35. The van der Waals surface area contributed by atoms with Gasteiger partial charge in [-0.15, -0.1) is 11.8 Å². The number of thioether (sulfide) groups is 1. The first-order chi connectivity index (χ1) is 6.59. The molecule has 14 heavy (non-hydrogen) atoms. The van der Waals surface area contributed by atoms with Crippen molar-refractivity contribution in [2.45, 2.75) is 18.0 Å². The van der Waals surface area contributed by atoms with Crippen molar-refractivity contribution in [2.24, 2.45) is 5.73 Å². The first-order valence-corrected chi connectivity index (χ1v) is 5.31. The molecule has 0 saturated carbocycles. The number of ether oxygens (including phenoxy) is 1. The zero-order valence-electron chi connectivity index (χ0n) is 7.91. The third kappa shape index (κ3) is 1.38. The Labute approximate surface area is 86.8 Å². The molecular formula is C9H13N3OS. The molecule has 1 aromatic carbocycles. The highest BCUT2D eigenvalue weighted by Gasteiger charge is 2.22. The van der Waals surface area contributed by atoms with Gasteiger partial charge in [0.05, 0.1) is 16.3 Å². The zero-order chi connectivity index (χ0) is 10.3. The summed E-state index contributed by atoms with van der Waals surface area (Å²) >= 11 is 1.60. The molecule has 5 heteroatoms. The van der Waals surface area contributed by atoms with Crippen molar-refractivity contribution in [1.29, 1.82) is 0 Å². The third-order valence-corrected chi connectivity index (χ3v) is 3.36. The highest BCUT2D eigenvalue weighted by Crippen LogP contribution is 2.44. The van der Waals surface area contributed by atoms with E-state index in [1.54, 1.807) is 11.8 Å². The van der Waals surface area contributed by atoms with Gasteiger partial charge in [0.2, 0.25) is 0 Å². The molecule has 1 unspecified atom stereocenters. The number of nitrogen functional groups attached to an aromatic ring is 2. The van der Waals surface area contributed by atoms with E-state index >= 15 is 0 Å². The Balaban J connectivity index is 2.57. The summed E-state index contributed by atoms with van der Waals surface area (Å²) in [7, 11) is 0. The maximum absolute atomic E-state index is 5.92. The SMILES string of the molecule is Cc1cc(N)c2c(c1N)SCC(N)O2. The van der Waals surface area contributed by atoms with Gasteiger partial charge in [0.1, 0.15) is 0 Å². The van der Waals surface area contributed by atoms with Crippen LogP contribution >= 0.6 is 11.8 Å². The Morgan fingerprint density at radius 1 is 1.50 bits per heavy atom. The summed E-state index contributed by atoms with van der Waals surface area (Å²) in [5, 5.41) is 0. The van der Waals surface area contributed by atoms with Crippen LogP contribution in [0, 0.1) is 6.92 Å². The first kappa shape index (κ1) is 9.48. The van der Waals surface area contributed by atoms with Gasteiger partial charge < -0.3 is 16.2 Å². The quantitative estimate of drug-likeness (QED) is 0.556. The Hall–Kier alpha value is -1.07. The van der Waals surface area contributed by atoms with Crippen molar-refractivity contribution in [1.82, 2.24) is 0 Å². The van der Waals surface area contributed by atoms with Crippen LogP contribution in [0.25, 0.3) is 0 Å². The van der Waals surface area contributed by atoms with Crippen LogP contribution in [0.2, 0.25) is 0 Å². The largest absolute Gasteiger partial charge is 0.471 e. The Morgan fingerprint density at radius 3 is 2.93 bits per heavy atom. The lowest BCUT2D eigenvalue weighted by Gasteiger charge is -2.25. The number of hydrogen-bond acceptors (Lipinski definition) is 5. The van der Waals surface area contributed by atoms with Crippen molar-refractivity contribution >= 4 is 23.1 Å². The lowest BCUT2D eigenvalue weighted by molar-refractivity contribution is 0.225. The summed E-state index contributed by atoms with van der Waals surface area (Å²) in [6, 6.07) is 1.81. The van der Waals surface area contributed by atoms with E-state index in [2.05, 4.69) is 0 Å². The van der Waals surface area contributed by atoms with Gasteiger partial charge in [-0.1, -0.05) is 0 Å². The molecule has 1 aliphatic heterocycles. The van der Waals surface area contributed by atoms with Gasteiger partial charge in [0.25, 0.3) is 0 Å². The summed E-state index contributed by atoms with van der Waals surface area (Å²) in [6.45, 7) is 1.93. The topological polar surface area (TPSA) is 87.3 Å². The molecule has 0 radical (unpaired) electrons. The van der Waals surface area contributed by atoms with E-state index in [4.69, 9.17) is 21.9 Å². The van der Waals surface area contributed by atoms with Crippen LogP contribution in [-0.2, 0) is 0 Å². The van der Waals surface area contributed by atoms with Crippen LogP contribution < -0.4 is 21.9 Å². The predicted octanol–water partition coefficient (Wildman–Crippen LogP) is 0.929. The second kappa shape index (κ2) is 3.25. The maximum atomic E-state index is 5.92. The second-order valence-electron chi connectivity index (χ2n) is 3.32. The number of benzene rings is 1. The summed E-state index contributed by atoms with van der Waals surface area (Å²) in [5.74, 6) is 1.34. The fourth-order valence-corrected chi connectivity index (χ4v) is 2.44. The zero-order valence-corrected chi connectivity index (χ0v) is 8.73. The van der Waals surface area contributed by atoms with Crippen LogP contribution in [0.15, 0.2) is 11.0 Å². The van der Waals surface area contributed by atoms with E-state index in [1.165, 1.54) is 0 Å². The van der Waals surface area contributed by atoms with Gasteiger partial charge in [-0.25, -0.2) is 0 Å². The minimum absolute atomic E-state index is 0.295. The van der Waals surface area contributed by atoms with Crippen LogP contribution in [-0.4, -0.2) is 12.0 Å². The van der Waals surface area contributed by atoms with E-state index in [0.717, 1.165) is 16.1 Å². The molecule has 0 aliphatic carbocycles. The number of nitrogens with two attached hydrogens (primary N) is 3. The molecule has 1 heterocycles. The van der Waals surface area contributed by atoms with E-state index in [1.807, 2.05) is 13.0 Å². The Morgan fingerprint density at radius 2 is 2.21 bits per heavy atom. The number of fused-ring (bicyclic) bond motifs is 1. The van der Waals surface area contributed by atoms with Crippen molar-refractivity contribution in [3.63, 3.8) is 0 Å². The normalized spacial score (nSPS) is 20.0. The molecular weight excluding hydrogens is 198 g/mol. The lowest BCUT2D eigenvalue weighted by atomic mass is 10.1. The molecule has 0 spiro atoms. The summed E-state index contributed by atoms with van der Waals surface area (Å²) in [4.78, 5) is 0.921. The smallest absolute Gasteiger partial charge is 0.160 e. The van der Waals surface area contributed by atoms with Gasteiger partial charge in [-0.2, -0.15) is 0 Å². The van der Waals surface area contributed by atoms with Gasteiger partial charge in [0.15, 0.2) is 12.0 Å². The predicted molar refractivity (Wildman–Crippen MR) is 59.3 cm³/mol. The molecule has 1 aromatic rings. The van der Waals surface area contributed by atoms with Crippen molar-refractivity contribution in [3.8, 4) is 5.75 Å². The van der Waals surface area contributed by atoms with Crippen LogP contribution in [0.3, 0.4) is 0 Å². The third-order valence-electron chi connectivity index (χ3n) is 2.17. The average molecular weight is 211 g/mol. The van der Waals surface area contributed by atoms with Crippen LogP contribution in [0.5, 0.6) is 5.75 Å². The highest BCUT2D eigenvalue weighted by molar-refractivity contribution is 7.99. The van der Waals surface area contributed by atoms with Crippen molar-refractivity contribution < 1.29 is 4.74 Å². The van der Waals surface area contributed by atoms with Gasteiger partial charge in [-0.3, -0.25) is 5.73 Å².